The second-order valence-electron chi connectivity index (χ2n) is 4.84. The molecular formula is C14H13F2N5O2S. The zero-order valence-corrected chi connectivity index (χ0v) is 13.4. The Labute approximate surface area is 139 Å². The number of imidazole rings is 1. The quantitative estimate of drug-likeness (QED) is 0.685. The number of aryl methyl sites for hydroxylation is 1. The van der Waals surface area contributed by atoms with Crippen molar-refractivity contribution in [3.63, 3.8) is 0 Å². The van der Waals surface area contributed by atoms with Gasteiger partial charge in [-0.15, -0.1) is 10.2 Å². The van der Waals surface area contributed by atoms with Gasteiger partial charge in [-0.1, -0.05) is 12.1 Å². The number of halogens is 2. The van der Waals surface area contributed by atoms with Crippen LogP contribution in [0.25, 0.3) is 11.0 Å². The molecule has 0 fully saturated rings. The van der Waals surface area contributed by atoms with Crippen LogP contribution in [0.1, 0.15) is 11.8 Å². The summed E-state index contributed by atoms with van der Waals surface area (Å²) in [6, 6.07) is 6.96. The number of nitrogens with zero attached hydrogens (tertiary/aromatic N) is 4. The molecule has 24 heavy (non-hydrogen) atoms. The van der Waals surface area contributed by atoms with E-state index >= 15 is 0 Å². The molecule has 0 saturated carbocycles. The third-order valence-corrected chi connectivity index (χ3v) is 3.82. The largest absolute Gasteiger partial charge is 0.424 e. The average Bonchev–Trinajstić information content (AvgIpc) is 3.09. The van der Waals surface area contributed by atoms with Crippen LogP contribution in [0.3, 0.4) is 0 Å². The summed E-state index contributed by atoms with van der Waals surface area (Å²) < 4.78 is 32.1. The standard InChI is InChI=1S/C14H13F2N5O2S/c1-8-19-20-12(23-8)6-17-11(22)7-21-10-5-3-2-4-9(10)18-14(21)24-13(15)16/h2-5,13H,6-7H2,1H3,(H,17,22). The Hall–Kier alpha value is -2.49. The van der Waals surface area contributed by atoms with Gasteiger partial charge >= 0.3 is 0 Å². The Morgan fingerprint density at radius 3 is 2.88 bits per heavy atom. The summed E-state index contributed by atoms with van der Waals surface area (Å²) in [6.07, 6.45) is 0. The fourth-order valence-electron chi connectivity index (χ4n) is 2.16. The highest BCUT2D eigenvalue weighted by atomic mass is 32.2. The lowest BCUT2D eigenvalue weighted by Gasteiger charge is -2.08. The molecule has 126 valence electrons. The molecule has 0 saturated heterocycles. The van der Waals surface area contributed by atoms with Gasteiger partial charge in [-0.25, -0.2) is 4.98 Å². The Bertz CT molecular complexity index is 864. The van der Waals surface area contributed by atoms with Crippen LogP contribution in [-0.4, -0.2) is 31.4 Å². The summed E-state index contributed by atoms with van der Waals surface area (Å²) in [5.74, 6) is -2.32. The van der Waals surface area contributed by atoms with Gasteiger partial charge in [0.1, 0.15) is 6.54 Å². The van der Waals surface area contributed by atoms with Crippen molar-refractivity contribution in [3.8, 4) is 0 Å². The molecule has 3 aromatic rings. The maximum atomic E-state index is 12.7. The van der Waals surface area contributed by atoms with Crippen molar-refractivity contribution in [2.45, 2.75) is 30.9 Å². The van der Waals surface area contributed by atoms with Crippen molar-refractivity contribution >= 4 is 28.7 Å². The van der Waals surface area contributed by atoms with Crippen LogP contribution in [0.5, 0.6) is 0 Å². The summed E-state index contributed by atoms with van der Waals surface area (Å²) in [4.78, 5) is 16.3. The van der Waals surface area contributed by atoms with E-state index in [9.17, 15) is 13.6 Å². The number of carbonyl (C=O) groups is 1. The van der Waals surface area contributed by atoms with Crippen molar-refractivity contribution in [2.75, 3.05) is 0 Å². The van der Waals surface area contributed by atoms with Gasteiger partial charge in [-0.3, -0.25) is 4.79 Å². The highest BCUT2D eigenvalue weighted by Crippen LogP contribution is 2.28. The predicted molar refractivity (Wildman–Crippen MR) is 82.5 cm³/mol. The summed E-state index contributed by atoms with van der Waals surface area (Å²) in [5.41, 5.74) is 1.17. The maximum Gasteiger partial charge on any atom is 0.291 e. The van der Waals surface area contributed by atoms with Crippen LogP contribution in [0.2, 0.25) is 0 Å². The fourth-order valence-corrected chi connectivity index (χ4v) is 2.76. The van der Waals surface area contributed by atoms with Gasteiger partial charge in [0.05, 0.1) is 17.6 Å². The molecule has 0 unspecified atom stereocenters. The minimum Gasteiger partial charge on any atom is -0.424 e. The molecule has 1 amide bonds. The number of rotatable bonds is 6. The normalized spacial score (nSPS) is 11.3. The van der Waals surface area contributed by atoms with E-state index in [1.165, 1.54) is 4.57 Å². The number of fused-ring (bicyclic) bond motifs is 1. The first-order valence-corrected chi connectivity index (χ1v) is 7.86. The third-order valence-electron chi connectivity index (χ3n) is 3.12. The number of aromatic nitrogens is 4. The number of benzene rings is 1. The number of hydrogen-bond donors (Lipinski definition) is 1. The smallest absolute Gasteiger partial charge is 0.291 e. The van der Waals surface area contributed by atoms with E-state index < -0.39 is 5.76 Å². The van der Waals surface area contributed by atoms with Gasteiger partial charge in [0, 0.05) is 6.92 Å². The number of alkyl halides is 2. The van der Waals surface area contributed by atoms with Crippen molar-refractivity contribution in [1.82, 2.24) is 25.1 Å². The topological polar surface area (TPSA) is 85.8 Å². The van der Waals surface area contributed by atoms with E-state index in [4.69, 9.17) is 4.42 Å². The molecule has 0 spiro atoms. The Morgan fingerprint density at radius 1 is 1.38 bits per heavy atom. The molecule has 0 aliphatic heterocycles. The first-order chi connectivity index (χ1) is 11.5. The molecule has 0 atom stereocenters. The van der Waals surface area contributed by atoms with E-state index in [1.54, 1.807) is 31.2 Å². The number of para-hydroxylation sites is 2. The number of nitrogens with one attached hydrogen (secondary N) is 1. The van der Waals surface area contributed by atoms with E-state index in [0.717, 1.165) is 0 Å². The number of thioether (sulfide) groups is 1. The second-order valence-corrected chi connectivity index (χ2v) is 5.80. The minimum absolute atomic E-state index is 0.0730. The van der Waals surface area contributed by atoms with Crippen LogP contribution in [-0.2, 0) is 17.9 Å². The molecule has 0 aliphatic carbocycles. The summed E-state index contributed by atoms with van der Waals surface area (Å²) in [6.45, 7) is 1.58. The molecule has 7 nitrogen and oxygen atoms in total. The van der Waals surface area contributed by atoms with Crippen LogP contribution in [0, 0.1) is 6.92 Å². The lowest BCUT2D eigenvalue weighted by atomic mass is 10.3. The van der Waals surface area contributed by atoms with Gasteiger partial charge in [0.15, 0.2) is 5.16 Å². The minimum atomic E-state index is -2.62. The number of carbonyl (C=O) groups excluding carboxylic acids is 1. The average molecular weight is 353 g/mol. The van der Waals surface area contributed by atoms with Crippen LogP contribution >= 0.6 is 11.8 Å². The van der Waals surface area contributed by atoms with E-state index in [2.05, 4.69) is 20.5 Å². The lowest BCUT2D eigenvalue weighted by molar-refractivity contribution is -0.122. The Morgan fingerprint density at radius 2 is 2.17 bits per heavy atom. The highest BCUT2D eigenvalue weighted by Gasteiger charge is 2.18. The van der Waals surface area contributed by atoms with Gasteiger partial charge in [0.25, 0.3) is 5.76 Å². The summed E-state index contributed by atoms with van der Waals surface area (Å²) >= 11 is 0.308. The van der Waals surface area contributed by atoms with Crippen LogP contribution in [0.4, 0.5) is 8.78 Å². The van der Waals surface area contributed by atoms with E-state index in [1.807, 2.05) is 0 Å². The molecule has 0 radical (unpaired) electrons. The third kappa shape index (κ3) is 3.70. The van der Waals surface area contributed by atoms with Crippen LogP contribution < -0.4 is 5.32 Å². The van der Waals surface area contributed by atoms with Gasteiger partial charge < -0.3 is 14.3 Å². The Kier molecular flexibility index (Phi) is 4.74. The molecular weight excluding hydrogens is 340 g/mol. The molecule has 10 heteroatoms. The molecule has 3 rings (SSSR count). The lowest BCUT2D eigenvalue weighted by Crippen LogP contribution is -2.27. The monoisotopic (exact) mass is 353 g/mol. The molecule has 2 aromatic heterocycles. The highest BCUT2D eigenvalue weighted by molar-refractivity contribution is 7.99. The first kappa shape index (κ1) is 16.4. The van der Waals surface area contributed by atoms with E-state index in [0.29, 0.717) is 28.7 Å². The number of hydrogen-bond acceptors (Lipinski definition) is 6. The maximum absolute atomic E-state index is 12.7. The van der Waals surface area contributed by atoms with Crippen molar-refractivity contribution in [2.24, 2.45) is 0 Å². The SMILES string of the molecule is Cc1nnc(CNC(=O)Cn2c(SC(F)F)nc3ccccc32)o1. The van der Waals surface area contributed by atoms with Gasteiger partial charge in [-0.2, -0.15) is 8.78 Å². The first-order valence-electron chi connectivity index (χ1n) is 6.98. The molecule has 1 N–H and O–H groups in total. The second kappa shape index (κ2) is 6.95. The van der Waals surface area contributed by atoms with Gasteiger partial charge in [0.2, 0.25) is 17.7 Å². The zero-order chi connectivity index (χ0) is 17.1. The summed E-state index contributed by atoms with van der Waals surface area (Å²) in [7, 11) is 0. The predicted octanol–water partition coefficient (Wildman–Crippen LogP) is 2.36. The van der Waals surface area contributed by atoms with Crippen molar-refractivity contribution < 1.29 is 18.0 Å². The van der Waals surface area contributed by atoms with Gasteiger partial charge in [-0.05, 0) is 23.9 Å². The van der Waals surface area contributed by atoms with Crippen molar-refractivity contribution in [3.05, 3.63) is 36.0 Å². The van der Waals surface area contributed by atoms with E-state index in [-0.39, 0.29) is 30.0 Å². The van der Waals surface area contributed by atoms with Crippen molar-refractivity contribution in [1.29, 1.82) is 0 Å². The zero-order valence-electron chi connectivity index (χ0n) is 12.6. The Balaban J connectivity index is 1.76. The number of amides is 1. The molecule has 2 heterocycles. The summed E-state index contributed by atoms with van der Waals surface area (Å²) in [5, 5.41) is 10.1. The molecule has 0 bridgehead atoms. The fraction of sp³-hybridized carbons (Fsp3) is 0.286. The van der Waals surface area contributed by atoms with Crippen LogP contribution in [0.15, 0.2) is 33.8 Å². The molecule has 1 aromatic carbocycles. The molecule has 0 aliphatic rings.